The summed E-state index contributed by atoms with van der Waals surface area (Å²) in [6, 6.07) is 2.85. The molecule has 0 saturated carbocycles. The molecule has 1 aromatic rings. The second-order valence-corrected chi connectivity index (χ2v) is 11.7. The van der Waals surface area contributed by atoms with E-state index >= 15 is 0 Å². The summed E-state index contributed by atoms with van der Waals surface area (Å²) in [7, 11) is 0. The third-order valence-corrected chi connectivity index (χ3v) is 7.11. The molecule has 1 aliphatic rings. The number of nitroso groups, excluding NO2 is 1. The topological polar surface area (TPSA) is 104 Å². The SMILES string of the molecule is CCOc1cc(N(CC)C(=O)OC(C)(C)C)cc(/C=C/CC2OC(C)(CC)OC2C/C(F)=C\[C@@H](C)C(C)N=O)c1C=O. The van der Waals surface area contributed by atoms with Crippen LogP contribution >= 0.6 is 0 Å². The van der Waals surface area contributed by atoms with E-state index in [1.165, 1.54) is 11.0 Å². The van der Waals surface area contributed by atoms with E-state index in [0.29, 0.717) is 48.6 Å². The van der Waals surface area contributed by atoms with Gasteiger partial charge >= 0.3 is 6.09 Å². The first-order chi connectivity index (χ1) is 19.7. The first-order valence-corrected chi connectivity index (χ1v) is 14.7. The van der Waals surface area contributed by atoms with Crippen LogP contribution in [0.4, 0.5) is 14.9 Å². The first kappa shape index (κ1) is 35.1. The fourth-order valence-corrected chi connectivity index (χ4v) is 4.53. The van der Waals surface area contributed by atoms with Crippen molar-refractivity contribution in [2.24, 2.45) is 11.1 Å². The zero-order valence-electron chi connectivity index (χ0n) is 26.4. The highest BCUT2D eigenvalue weighted by atomic mass is 19.1. The van der Waals surface area contributed by atoms with Gasteiger partial charge in [-0.3, -0.25) is 9.69 Å². The third-order valence-electron chi connectivity index (χ3n) is 7.11. The number of halogens is 1. The minimum atomic E-state index is -0.863. The average Bonchev–Trinajstić information content (AvgIpc) is 3.22. The molecular formula is C32H47FN2O7. The highest BCUT2D eigenvalue weighted by molar-refractivity contribution is 5.92. The van der Waals surface area contributed by atoms with E-state index in [1.54, 1.807) is 52.8 Å². The second kappa shape index (κ2) is 15.4. The van der Waals surface area contributed by atoms with Crippen LogP contribution in [0, 0.1) is 10.8 Å². The Hall–Kier alpha value is -3.11. The molecule has 1 fully saturated rings. The normalized spacial score (nSPS) is 22.6. The van der Waals surface area contributed by atoms with Crippen LogP contribution < -0.4 is 9.64 Å². The Labute approximate surface area is 249 Å². The Kier molecular flexibility index (Phi) is 12.9. The molecule has 0 N–H and O–H groups in total. The molecule has 0 spiro atoms. The van der Waals surface area contributed by atoms with Crippen LogP contribution in [0.25, 0.3) is 6.08 Å². The maximum atomic E-state index is 14.9. The molecule has 42 heavy (non-hydrogen) atoms. The molecule has 0 aliphatic carbocycles. The van der Waals surface area contributed by atoms with Crippen molar-refractivity contribution in [1.29, 1.82) is 0 Å². The number of hydrogen-bond acceptors (Lipinski definition) is 8. The second-order valence-electron chi connectivity index (χ2n) is 11.7. The van der Waals surface area contributed by atoms with Crippen LogP contribution in [0.1, 0.15) is 97.5 Å². The van der Waals surface area contributed by atoms with E-state index < -0.39 is 35.7 Å². The van der Waals surface area contributed by atoms with Crippen LogP contribution in [0.2, 0.25) is 0 Å². The Morgan fingerprint density at radius 2 is 1.86 bits per heavy atom. The summed E-state index contributed by atoms with van der Waals surface area (Å²) in [6.07, 6.45) is 5.17. The summed E-state index contributed by atoms with van der Waals surface area (Å²) < 4.78 is 38.6. The summed E-state index contributed by atoms with van der Waals surface area (Å²) in [5, 5.41) is 2.98. The number of hydrogen-bond donors (Lipinski definition) is 0. The lowest BCUT2D eigenvalue weighted by Crippen LogP contribution is -2.36. The Morgan fingerprint density at radius 3 is 2.40 bits per heavy atom. The van der Waals surface area contributed by atoms with E-state index in [2.05, 4.69) is 5.18 Å². The lowest BCUT2D eigenvalue weighted by atomic mass is 10.00. The monoisotopic (exact) mass is 590 g/mol. The largest absolute Gasteiger partial charge is 0.493 e. The number of anilines is 1. The smallest absolute Gasteiger partial charge is 0.414 e. The van der Waals surface area contributed by atoms with Crippen molar-refractivity contribution in [1.82, 2.24) is 0 Å². The minimum absolute atomic E-state index is 0.00504. The van der Waals surface area contributed by atoms with Gasteiger partial charge in [0.25, 0.3) is 0 Å². The Morgan fingerprint density at radius 1 is 1.19 bits per heavy atom. The van der Waals surface area contributed by atoms with E-state index in [9.17, 15) is 18.9 Å². The number of carbonyl (C=O) groups excluding carboxylic acids is 2. The predicted octanol–water partition coefficient (Wildman–Crippen LogP) is 8.01. The molecule has 0 aromatic heterocycles. The Balaban J connectivity index is 2.38. The summed E-state index contributed by atoms with van der Waals surface area (Å²) in [6.45, 7) is 16.9. The van der Waals surface area contributed by atoms with Crippen LogP contribution in [0.15, 0.2) is 35.3 Å². The van der Waals surface area contributed by atoms with Crippen LogP contribution in [-0.2, 0) is 14.2 Å². The number of benzene rings is 1. The van der Waals surface area contributed by atoms with E-state index in [4.69, 9.17) is 18.9 Å². The van der Waals surface area contributed by atoms with Crippen molar-refractivity contribution in [2.75, 3.05) is 18.1 Å². The number of carbonyl (C=O) groups is 2. The van der Waals surface area contributed by atoms with Gasteiger partial charge < -0.3 is 18.9 Å². The van der Waals surface area contributed by atoms with E-state index in [-0.39, 0.29) is 18.2 Å². The molecule has 5 atom stereocenters. The number of aldehydes is 1. The summed E-state index contributed by atoms with van der Waals surface area (Å²) in [5.41, 5.74) is 0.744. The third kappa shape index (κ3) is 9.73. The van der Waals surface area contributed by atoms with Gasteiger partial charge in [-0.1, -0.05) is 31.2 Å². The van der Waals surface area contributed by atoms with Gasteiger partial charge in [0, 0.05) is 24.9 Å². The maximum Gasteiger partial charge on any atom is 0.414 e. The van der Waals surface area contributed by atoms with Crippen LogP contribution in [-0.4, -0.2) is 55.2 Å². The quantitative estimate of drug-likeness (QED) is 0.160. The summed E-state index contributed by atoms with van der Waals surface area (Å²) in [4.78, 5) is 37.4. The fraction of sp³-hybridized carbons (Fsp3) is 0.625. The molecule has 0 radical (unpaired) electrons. The lowest BCUT2D eigenvalue weighted by molar-refractivity contribution is -0.162. The molecule has 1 heterocycles. The number of ether oxygens (including phenoxy) is 4. The van der Waals surface area contributed by atoms with E-state index in [0.717, 1.165) is 6.29 Å². The van der Waals surface area contributed by atoms with Crippen molar-refractivity contribution in [3.05, 3.63) is 46.1 Å². The Bertz CT molecular complexity index is 1150. The molecule has 4 unspecified atom stereocenters. The molecule has 234 valence electrons. The fourth-order valence-electron chi connectivity index (χ4n) is 4.53. The number of nitrogens with zero attached hydrogens (tertiary/aromatic N) is 2. The summed E-state index contributed by atoms with van der Waals surface area (Å²) in [5.74, 6) is -1.25. The molecule has 1 aromatic carbocycles. The standard InChI is InChI=1S/C32H47FN2O7/c1-10-32(9)40-27(29(41-32)18-24(33)16-21(4)22(5)34-38)15-13-14-23-17-25(19-28(39-12-3)26(23)20-36)35(11-2)30(37)42-31(6,7)8/h13-14,16-17,19-22,27,29H,10-12,15,18H2,1-9H3/b14-13+,24-16+/t21-,22?,27?,29?,32?/m1/s1. The molecule has 1 saturated heterocycles. The highest BCUT2D eigenvalue weighted by Gasteiger charge is 2.43. The zero-order chi connectivity index (χ0) is 31.7. The molecule has 1 amide bonds. The van der Waals surface area contributed by atoms with Crippen molar-refractivity contribution < 1.29 is 32.9 Å². The van der Waals surface area contributed by atoms with Gasteiger partial charge in [-0.2, -0.15) is 4.91 Å². The van der Waals surface area contributed by atoms with Crippen molar-refractivity contribution in [2.45, 2.75) is 111 Å². The van der Waals surface area contributed by atoms with Gasteiger partial charge in [-0.05, 0) is 79.0 Å². The van der Waals surface area contributed by atoms with Crippen molar-refractivity contribution in [3.63, 3.8) is 0 Å². The molecule has 1 aliphatic heterocycles. The molecule has 2 rings (SSSR count). The van der Waals surface area contributed by atoms with Crippen molar-refractivity contribution in [3.8, 4) is 5.75 Å². The molecule has 10 heteroatoms. The zero-order valence-corrected chi connectivity index (χ0v) is 26.4. The molecule has 0 bridgehead atoms. The molecular weight excluding hydrogens is 543 g/mol. The van der Waals surface area contributed by atoms with E-state index in [1.807, 2.05) is 33.8 Å². The van der Waals surface area contributed by atoms with Gasteiger partial charge in [-0.25, -0.2) is 9.18 Å². The van der Waals surface area contributed by atoms with Crippen LogP contribution in [0.3, 0.4) is 0 Å². The molecule has 9 nitrogen and oxygen atoms in total. The van der Waals surface area contributed by atoms with Gasteiger partial charge in [0.2, 0.25) is 0 Å². The van der Waals surface area contributed by atoms with Gasteiger partial charge in [-0.15, -0.1) is 0 Å². The lowest BCUT2D eigenvalue weighted by Gasteiger charge is -2.27. The first-order valence-electron chi connectivity index (χ1n) is 14.7. The maximum absolute atomic E-state index is 14.9. The van der Waals surface area contributed by atoms with Gasteiger partial charge in [0.1, 0.15) is 11.4 Å². The number of amides is 1. The average molecular weight is 591 g/mol. The number of rotatable bonds is 14. The summed E-state index contributed by atoms with van der Waals surface area (Å²) >= 11 is 0. The predicted molar refractivity (Wildman–Crippen MR) is 163 cm³/mol. The highest BCUT2D eigenvalue weighted by Crippen LogP contribution is 2.37. The van der Waals surface area contributed by atoms with Gasteiger partial charge in [0.15, 0.2) is 12.1 Å². The van der Waals surface area contributed by atoms with Gasteiger partial charge in [0.05, 0.1) is 41.9 Å². The minimum Gasteiger partial charge on any atom is -0.493 e. The van der Waals surface area contributed by atoms with Crippen LogP contribution in [0.5, 0.6) is 5.75 Å². The van der Waals surface area contributed by atoms with Crippen molar-refractivity contribution >= 4 is 24.1 Å².